The Morgan fingerprint density at radius 3 is 2.72 bits per heavy atom. The molecule has 0 radical (unpaired) electrons. The molecule has 2 aromatic rings. The highest BCUT2D eigenvalue weighted by atomic mass is 16.1. The molecule has 0 saturated heterocycles. The maximum Gasteiger partial charge on any atom is 0.271 e. The van der Waals surface area contributed by atoms with Crippen molar-refractivity contribution in [2.75, 3.05) is 12.4 Å². The van der Waals surface area contributed by atoms with Gasteiger partial charge in [-0.05, 0) is 0 Å². The third kappa shape index (κ3) is 2.78. The van der Waals surface area contributed by atoms with Crippen molar-refractivity contribution >= 4 is 11.7 Å². The van der Waals surface area contributed by atoms with Crippen LogP contribution in [0, 0.1) is 0 Å². The van der Waals surface area contributed by atoms with Crippen LogP contribution in [-0.2, 0) is 13.6 Å². The van der Waals surface area contributed by atoms with E-state index >= 15 is 0 Å². The Labute approximate surface area is 103 Å². The number of aryl methyl sites for hydroxylation is 1. The molecule has 0 aromatic carbocycles. The zero-order valence-corrected chi connectivity index (χ0v) is 10.1. The summed E-state index contributed by atoms with van der Waals surface area (Å²) in [5.74, 6) is 0.848. The van der Waals surface area contributed by atoms with Gasteiger partial charge in [-0.2, -0.15) is 5.10 Å². The number of carbonyl (C=O) groups excluding carboxylic acids is 1. The van der Waals surface area contributed by atoms with Crippen LogP contribution in [0.3, 0.4) is 0 Å². The second kappa shape index (κ2) is 5.21. The first-order chi connectivity index (χ1) is 8.69. The summed E-state index contributed by atoms with van der Waals surface area (Å²) in [5.41, 5.74) is 0.255. The van der Waals surface area contributed by atoms with Gasteiger partial charge in [0.25, 0.3) is 5.91 Å². The predicted octanol–water partition coefficient (Wildman–Crippen LogP) is -0.423. The number of hydrogen-bond donors (Lipinski definition) is 2. The SMILES string of the molecule is CNc1cnc(C(=O)NCc2ncn(C)n2)cn1. The summed E-state index contributed by atoms with van der Waals surface area (Å²) in [4.78, 5) is 23.7. The number of rotatable bonds is 4. The Kier molecular flexibility index (Phi) is 3.46. The van der Waals surface area contributed by atoms with E-state index in [1.807, 2.05) is 0 Å². The van der Waals surface area contributed by atoms with Gasteiger partial charge in [0.15, 0.2) is 5.82 Å². The van der Waals surface area contributed by atoms with E-state index in [0.717, 1.165) is 0 Å². The molecule has 2 aromatic heterocycles. The lowest BCUT2D eigenvalue weighted by Gasteiger charge is -2.02. The first kappa shape index (κ1) is 12.0. The molecule has 0 spiro atoms. The molecule has 0 aliphatic rings. The largest absolute Gasteiger partial charge is 0.372 e. The van der Waals surface area contributed by atoms with Crippen molar-refractivity contribution in [1.29, 1.82) is 0 Å². The lowest BCUT2D eigenvalue weighted by Crippen LogP contribution is -2.24. The Morgan fingerprint density at radius 2 is 2.17 bits per heavy atom. The minimum Gasteiger partial charge on any atom is -0.372 e. The van der Waals surface area contributed by atoms with E-state index in [2.05, 4.69) is 30.7 Å². The van der Waals surface area contributed by atoms with E-state index in [9.17, 15) is 4.79 Å². The summed E-state index contributed by atoms with van der Waals surface area (Å²) in [7, 11) is 3.50. The molecule has 0 aliphatic heterocycles. The van der Waals surface area contributed by atoms with Gasteiger partial charge >= 0.3 is 0 Å². The highest BCUT2D eigenvalue weighted by Gasteiger charge is 2.08. The summed E-state index contributed by atoms with van der Waals surface area (Å²) < 4.78 is 1.57. The van der Waals surface area contributed by atoms with E-state index in [-0.39, 0.29) is 18.1 Å². The standard InChI is InChI=1S/C10H13N7O/c1-11-8-4-12-7(3-13-8)10(18)14-5-9-15-6-17(2)16-9/h3-4,6H,5H2,1-2H3,(H,11,13)(H,14,18). The van der Waals surface area contributed by atoms with Gasteiger partial charge < -0.3 is 10.6 Å². The second-order valence-corrected chi connectivity index (χ2v) is 3.55. The zero-order chi connectivity index (χ0) is 13.0. The van der Waals surface area contributed by atoms with Gasteiger partial charge in [-0.15, -0.1) is 0 Å². The molecule has 1 amide bonds. The highest BCUT2D eigenvalue weighted by molar-refractivity contribution is 5.91. The Hall–Kier alpha value is -2.51. The molecule has 0 bridgehead atoms. The van der Waals surface area contributed by atoms with Crippen LogP contribution in [0.15, 0.2) is 18.7 Å². The molecule has 2 N–H and O–H groups in total. The van der Waals surface area contributed by atoms with Gasteiger partial charge in [0.2, 0.25) is 0 Å². The quantitative estimate of drug-likeness (QED) is 0.761. The molecule has 2 heterocycles. The zero-order valence-electron chi connectivity index (χ0n) is 10.1. The van der Waals surface area contributed by atoms with E-state index < -0.39 is 0 Å². The van der Waals surface area contributed by atoms with Crippen molar-refractivity contribution in [1.82, 2.24) is 30.0 Å². The number of anilines is 1. The molecule has 8 heteroatoms. The third-order valence-corrected chi connectivity index (χ3v) is 2.19. The number of aromatic nitrogens is 5. The number of nitrogens with zero attached hydrogens (tertiary/aromatic N) is 5. The lowest BCUT2D eigenvalue weighted by atomic mass is 10.4. The molecule has 0 saturated carbocycles. The third-order valence-electron chi connectivity index (χ3n) is 2.19. The number of nitrogens with one attached hydrogen (secondary N) is 2. The van der Waals surface area contributed by atoms with Crippen LogP contribution < -0.4 is 10.6 Å². The molecule has 8 nitrogen and oxygen atoms in total. The molecule has 0 unspecified atom stereocenters. The minimum absolute atomic E-state index is 0.255. The van der Waals surface area contributed by atoms with Gasteiger partial charge in [0, 0.05) is 14.1 Å². The van der Waals surface area contributed by atoms with Crippen molar-refractivity contribution in [2.45, 2.75) is 6.54 Å². The number of hydrogen-bond acceptors (Lipinski definition) is 6. The summed E-state index contributed by atoms with van der Waals surface area (Å²) in [5, 5.41) is 9.54. The van der Waals surface area contributed by atoms with Crippen molar-refractivity contribution in [3.63, 3.8) is 0 Å². The molecular formula is C10H13N7O. The first-order valence-electron chi connectivity index (χ1n) is 5.31. The number of carbonyl (C=O) groups is 1. The van der Waals surface area contributed by atoms with E-state index in [1.165, 1.54) is 12.4 Å². The van der Waals surface area contributed by atoms with Gasteiger partial charge in [0.1, 0.15) is 17.8 Å². The van der Waals surface area contributed by atoms with Crippen LogP contribution in [-0.4, -0.2) is 37.7 Å². The topological polar surface area (TPSA) is 97.6 Å². The van der Waals surface area contributed by atoms with E-state index in [4.69, 9.17) is 0 Å². The average molecular weight is 247 g/mol. The molecule has 94 valence electrons. The van der Waals surface area contributed by atoms with E-state index in [0.29, 0.717) is 11.6 Å². The van der Waals surface area contributed by atoms with Gasteiger partial charge in [-0.3, -0.25) is 9.48 Å². The van der Waals surface area contributed by atoms with Crippen molar-refractivity contribution in [2.24, 2.45) is 7.05 Å². The first-order valence-corrected chi connectivity index (χ1v) is 5.31. The average Bonchev–Trinajstić information content (AvgIpc) is 2.82. The van der Waals surface area contributed by atoms with Crippen molar-refractivity contribution < 1.29 is 4.79 Å². The molecule has 2 rings (SSSR count). The fourth-order valence-electron chi connectivity index (χ4n) is 1.29. The monoisotopic (exact) mass is 247 g/mol. The lowest BCUT2D eigenvalue weighted by molar-refractivity contribution is 0.0944. The van der Waals surface area contributed by atoms with E-state index in [1.54, 1.807) is 25.1 Å². The highest BCUT2D eigenvalue weighted by Crippen LogP contribution is 1.99. The van der Waals surface area contributed by atoms with Crippen LogP contribution in [0.25, 0.3) is 0 Å². The molecule has 18 heavy (non-hydrogen) atoms. The molecule has 0 fully saturated rings. The van der Waals surface area contributed by atoms with Crippen molar-refractivity contribution in [3.8, 4) is 0 Å². The molecular weight excluding hydrogens is 234 g/mol. The number of amides is 1. The summed E-state index contributed by atoms with van der Waals surface area (Å²) in [6.07, 6.45) is 4.48. The van der Waals surface area contributed by atoms with Crippen LogP contribution in [0.1, 0.15) is 16.3 Å². The van der Waals surface area contributed by atoms with Crippen LogP contribution in [0.4, 0.5) is 5.82 Å². The Bertz CT molecular complexity index is 533. The van der Waals surface area contributed by atoms with Gasteiger partial charge in [-0.1, -0.05) is 0 Å². The van der Waals surface area contributed by atoms with Crippen molar-refractivity contribution in [3.05, 3.63) is 30.2 Å². The van der Waals surface area contributed by atoms with Crippen LogP contribution in [0.2, 0.25) is 0 Å². The summed E-state index contributed by atoms with van der Waals surface area (Å²) in [6.45, 7) is 0.259. The molecule has 0 atom stereocenters. The fraction of sp³-hybridized carbons (Fsp3) is 0.300. The van der Waals surface area contributed by atoms with Crippen LogP contribution >= 0.6 is 0 Å². The normalized spacial score (nSPS) is 10.1. The minimum atomic E-state index is -0.308. The predicted molar refractivity (Wildman–Crippen MR) is 63.8 cm³/mol. The molecule has 0 aliphatic carbocycles. The Balaban J connectivity index is 1.94. The summed E-state index contributed by atoms with van der Waals surface area (Å²) in [6, 6.07) is 0. The summed E-state index contributed by atoms with van der Waals surface area (Å²) >= 11 is 0. The maximum absolute atomic E-state index is 11.7. The maximum atomic E-state index is 11.7. The van der Waals surface area contributed by atoms with Gasteiger partial charge in [0.05, 0.1) is 18.9 Å². The smallest absolute Gasteiger partial charge is 0.271 e. The fourth-order valence-corrected chi connectivity index (χ4v) is 1.29. The van der Waals surface area contributed by atoms with Gasteiger partial charge in [-0.25, -0.2) is 15.0 Å². The van der Waals surface area contributed by atoms with Crippen LogP contribution in [0.5, 0.6) is 0 Å². The second-order valence-electron chi connectivity index (χ2n) is 3.55. The Morgan fingerprint density at radius 1 is 1.33 bits per heavy atom.